The zero-order valence-electron chi connectivity index (χ0n) is 18.3. The number of cyclic esters (lactones) is 1. The third-order valence-electron chi connectivity index (χ3n) is 5.43. The zero-order chi connectivity index (χ0) is 20.6. The van der Waals surface area contributed by atoms with Crippen LogP contribution in [0.1, 0.15) is 73.6 Å². The van der Waals surface area contributed by atoms with Crippen molar-refractivity contribution in [1.82, 2.24) is 4.90 Å². The number of rotatable bonds is 0. The zero-order valence-corrected chi connectivity index (χ0v) is 18.3. The van der Waals surface area contributed by atoms with Crippen molar-refractivity contribution >= 4 is 11.9 Å². The van der Waals surface area contributed by atoms with Crippen LogP contribution in [0.2, 0.25) is 0 Å². The van der Waals surface area contributed by atoms with Gasteiger partial charge in [0, 0.05) is 19.2 Å². The van der Waals surface area contributed by atoms with Crippen LogP contribution in [0.5, 0.6) is 0 Å². The second-order valence-electron chi connectivity index (χ2n) is 9.31. The number of ether oxygens (including phenoxy) is 1. The average Bonchev–Trinajstić information content (AvgIpc) is 2.59. The first kappa shape index (κ1) is 23.5. The van der Waals surface area contributed by atoms with E-state index in [0.717, 1.165) is 32.1 Å². The highest BCUT2D eigenvalue weighted by Crippen LogP contribution is 2.31. The Morgan fingerprint density at radius 2 is 1.67 bits per heavy atom. The van der Waals surface area contributed by atoms with Gasteiger partial charge < -0.3 is 9.64 Å². The maximum atomic E-state index is 12.6. The number of esters is 1. The van der Waals surface area contributed by atoms with E-state index in [1.165, 1.54) is 0 Å². The smallest absolute Gasteiger partial charge is 0.308 e. The molecule has 0 aromatic heterocycles. The Balaban J connectivity index is 2.94. The highest BCUT2D eigenvalue weighted by atomic mass is 16.5. The monoisotopic (exact) mass is 377 g/mol. The molecule has 4 atom stereocenters. The van der Waals surface area contributed by atoms with Crippen molar-refractivity contribution < 1.29 is 14.3 Å². The summed E-state index contributed by atoms with van der Waals surface area (Å²) in [7, 11) is 1.81. The van der Waals surface area contributed by atoms with E-state index < -0.39 is 0 Å². The van der Waals surface area contributed by atoms with Gasteiger partial charge in [-0.3, -0.25) is 9.59 Å². The molecule has 0 aromatic rings. The molecule has 0 fully saturated rings. The first-order valence-electron chi connectivity index (χ1n) is 10.3. The Morgan fingerprint density at radius 3 is 2.30 bits per heavy atom. The van der Waals surface area contributed by atoms with Crippen LogP contribution >= 0.6 is 0 Å². The lowest BCUT2D eigenvalue weighted by Gasteiger charge is -2.33. The quantitative estimate of drug-likeness (QED) is 0.535. The lowest BCUT2D eigenvalue weighted by molar-refractivity contribution is -0.160. The lowest BCUT2D eigenvalue weighted by atomic mass is 9.82. The molecule has 0 bridgehead atoms. The van der Waals surface area contributed by atoms with Gasteiger partial charge in [-0.25, -0.2) is 0 Å². The Bertz CT molecular complexity index is 544. The highest BCUT2D eigenvalue weighted by Gasteiger charge is 2.31. The Kier molecular flexibility index (Phi) is 9.28. The van der Waals surface area contributed by atoms with Crippen LogP contribution in [-0.4, -0.2) is 29.9 Å². The molecule has 0 radical (unpaired) electrons. The fourth-order valence-corrected chi connectivity index (χ4v) is 3.21. The van der Waals surface area contributed by atoms with Crippen molar-refractivity contribution in [2.75, 3.05) is 7.05 Å². The molecule has 154 valence electrons. The summed E-state index contributed by atoms with van der Waals surface area (Å²) in [5.41, 5.74) is -0.0992. The number of amides is 1. The van der Waals surface area contributed by atoms with Crippen LogP contribution in [0.25, 0.3) is 0 Å². The molecule has 4 heteroatoms. The Hall–Kier alpha value is -1.58. The summed E-state index contributed by atoms with van der Waals surface area (Å²) in [5, 5.41) is 0. The van der Waals surface area contributed by atoms with E-state index in [0.29, 0.717) is 5.92 Å². The first-order valence-corrected chi connectivity index (χ1v) is 10.3. The predicted molar refractivity (Wildman–Crippen MR) is 111 cm³/mol. The molecule has 1 rings (SSSR count). The SMILES string of the molecule is CC1CCC(C)C(=O)N(C)/C=C\C=C\CCC(C)C(=O)OC(C(C)(C)C)C1. The molecule has 0 aromatic carbocycles. The van der Waals surface area contributed by atoms with Gasteiger partial charge in [0.15, 0.2) is 0 Å². The molecule has 27 heavy (non-hydrogen) atoms. The van der Waals surface area contributed by atoms with Crippen molar-refractivity contribution in [3.05, 3.63) is 24.4 Å². The van der Waals surface area contributed by atoms with E-state index in [4.69, 9.17) is 4.74 Å². The van der Waals surface area contributed by atoms with Gasteiger partial charge in [0.25, 0.3) is 0 Å². The van der Waals surface area contributed by atoms with Gasteiger partial charge in [0.05, 0.1) is 5.92 Å². The number of hydrogen-bond acceptors (Lipinski definition) is 3. The highest BCUT2D eigenvalue weighted by molar-refractivity contribution is 5.79. The van der Waals surface area contributed by atoms with Gasteiger partial charge in [-0.15, -0.1) is 0 Å². The number of allylic oxidation sites excluding steroid dienone is 3. The average molecular weight is 378 g/mol. The summed E-state index contributed by atoms with van der Waals surface area (Å²) in [4.78, 5) is 26.7. The molecule has 1 aliphatic heterocycles. The molecule has 4 nitrogen and oxygen atoms in total. The van der Waals surface area contributed by atoms with E-state index in [1.54, 1.807) is 4.90 Å². The molecule has 0 saturated carbocycles. The van der Waals surface area contributed by atoms with Crippen molar-refractivity contribution in [3.63, 3.8) is 0 Å². The minimum Gasteiger partial charge on any atom is -0.462 e. The maximum absolute atomic E-state index is 12.6. The minimum atomic E-state index is -0.112. The van der Waals surface area contributed by atoms with E-state index >= 15 is 0 Å². The van der Waals surface area contributed by atoms with Crippen LogP contribution in [0.3, 0.4) is 0 Å². The van der Waals surface area contributed by atoms with Gasteiger partial charge in [0.2, 0.25) is 5.91 Å². The molecule has 1 amide bonds. The standard InChI is InChI=1S/C23H39NO3/c1-17-13-14-18(2)21(25)24(7)15-11-9-8-10-12-19(3)22(26)27-20(16-17)23(4,5)6/h8-9,11,15,17-20H,10,12-14,16H2,1-7H3/b9-8+,15-11-. The normalized spacial score (nSPS) is 32.5. The van der Waals surface area contributed by atoms with Gasteiger partial charge in [0.1, 0.15) is 6.10 Å². The van der Waals surface area contributed by atoms with Gasteiger partial charge in [-0.1, -0.05) is 53.7 Å². The summed E-state index contributed by atoms with van der Waals surface area (Å²) in [6.45, 7) is 12.5. The van der Waals surface area contributed by atoms with Crippen molar-refractivity contribution in [1.29, 1.82) is 0 Å². The lowest BCUT2D eigenvalue weighted by Crippen LogP contribution is -2.35. The van der Waals surface area contributed by atoms with Crippen LogP contribution in [0.15, 0.2) is 24.4 Å². The molecule has 1 aliphatic rings. The maximum Gasteiger partial charge on any atom is 0.308 e. The van der Waals surface area contributed by atoms with E-state index in [9.17, 15) is 9.59 Å². The molecule has 0 spiro atoms. The third kappa shape index (κ3) is 8.32. The molecule has 0 saturated heterocycles. The molecule has 1 heterocycles. The number of nitrogens with zero attached hydrogens (tertiary/aromatic N) is 1. The Labute approximate surface area is 166 Å². The third-order valence-corrected chi connectivity index (χ3v) is 5.43. The number of hydrogen-bond donors (Lipinski definition) is 0. The number of carbonyl (C=O) groups excluding carboxylic acids is 2. The fraction of sp³-hybridized carbons (Fsp3) is 0.739. The summed E-state index contributed by atoms with van der Waals surface area (Å²) in [6.07, 6.45) is 11.7. The largest absolute Gasteiger partial charge is 0.462 e. The summed E-state index contributed by atoms with van der Waals surface area (Å²) < 4.78 is 5.94. The van der Waals surface area contributed by atoms with Crippen molar-refractivity contribution in [2.24, 2.45) is 23.2 Å². The number of carbonyl (C=O) groups is 2. The van der Waals surface area contributed by atoms with E-state index in [-0.39, 0.29) is 35.2 Å². The summed E-state index contributed by atoms with van der Waals surface area (Å²) >= 11 is 0. The van der Waals surface area contributed by atoms with Crippen LogP contribution < -0.4 is 0 Å². The van der Waals surface area contributed by atoms with Crippen LogP contribution in [-0.2, 0) is 14.3 Å². The molecular weight excluding hydrogens is 338 g/mol. The first-order chi connectivity index (χ1) is 12.5. The molecule has 4 unspecified atom stereocenters. The van der Waals surface area contributed by atoms with E-state index in [1.807, 2.05) is 45.3 Å². The van der Waals surface area contributed by atoms with Gasteiger partial charge >= 0.3 is 5.97 Å². The van der Waals surface area contributed by atoms with Crippen LogP contribution in [0.4, 0.5) is 0 Å². The molecule has 0 aliphatic carbocycles. The van der Waals surface area contributed by atoms with Crippen molar-refractivity contribution in [2.45, 2.75) is 79.8 Å². The topological polar surface area (TPSA) is 46.6 Å². The van der Waals surface area contributed by atoms with Gasteiger partial charge in [-0.05, 0) is 49.5 Å². The van der Waals surface area contributed by atoms with Gasteiger partial charge in [-0.2, -0.15) is 0 Å². The van der Waals surface area contributed by atoms with Crippen LogP contribution in [0, 0.1) is 23.2 Å². The second-order valence-corrected chi connectivity index (χ2v) is 9.31. The minimum absolute atomic E-state index is 0.0163. The molecule has 0 N–H and O–H groups in total. The summed E-state index contributed by atoms with van der Waals surface area (Å²) in [6, 6.07) is 0. The predicted octanol–water partition coefficient (Wildman–Crippen LogP) is 5.35. The van der Waals surface area contributed by atoms with E-state index in [2.05, 4.69) is 27.7 Å². The second kappa shape index (κ2) is 10.7. The Morgan fingerprint density at radius 1 is 1.00 bits per heavy atom. The fourth-order valence-electron chi connectivity index (χ4n) is 3.21. The van der Waals surface area contributed by atoms with Crippen molar-refractivity contribution in [3.8, 4) is 0 Å². The molecular formula is C23H39NO3. The summed E-state index contributed by atoms with van der Waals surface area (Å²) in [5.74, 6) is 0.309.